The van der Waals surface area contributed by atoms with E-state index in [4.69, 9.17) is 4.74 Å². The fourth-order valence-corrected chi connectivity index (χ4v) is 4.25. The van der Waals surface area contributed by atoms with Crippen LogP contribution in [0.5, 0.6) is 5.75 Å². The zero-order chi connectivity index (χ0) is 20.9. The minimum atomic E-state index is 0.0159. The number of hydrogen-bond acceptors (Lipinski definition) is 6. The molecule has 0 atom stereocenters. The molecule has 0 fully saturated rings. The van der Waals surface area contributed by atoms with Gasteiger partial charge in [-0.05, 0) is 42.5 Å². The molecule has 2 heterocycles. The summed E-state index contributed by atoms with van der Waals surface area (Å²) in [5.41, 5.74) is 2.41. The Morgan fingerprint density at radius 3 is 2.47 bits per heavy atom. The molecule has 0 aliphatic carbocycles. The van der Waals surface area contributed by atoms with E-state index in [1.165, 1.54) is 11.8 Å². The molecule has 0 aliphatic heterocycles. The van der Waals surface area contributed by atoms with Gasteiger partial charge in [-0.15, -0.1) is 10.2 Å². The number of thioether (sulfide) groups is 1. The van der Waals surface area contributed by atoms with Crippen molar-refractivity contribution in [3.05, 3.63) is 83.1 Å². The highest BCUT2D eigenvalue weighted by atomic mass is 79.9. The molecule has 4 aromatic rings. The molecule has 0 unspecified atom stereocenters. The molecule has 8 heteroatoms. The highest BCUT2D eigenvalue weighted by molar-refractivity contribution is 9.10. The molecule has 0 spiro atoms. The summed E-state index contributed by atoms with van der Waals surface area (Å²) >= 11 is 4.79. The van der Waals surface area contributed by atoms with Gasteiger partial charge in [0, 0.05) is 33.7 Å². The summed E-state index contributed by atoms with van der Waals surface area (Å²) in [5, 5.41) is 9.38. The van der Waals surface area contributed by atoms with Gasteiger partial charge in [-0.2, -0.15) is 0 Å². The summed E-state index contributed by atoms with van der Waals surface area (Å²) in [5.74, 6) is 1.70. The number of nitrogens with zero attached hydrogens (tertiary/aromatic N) is 4. The van der Waals surface area contributed by atoms with Gasteiger partial charge in [0.15, 0.2) is 16.8 Å². The fourth-order valence-electron chi connectivity index (χ4n) is 2.91. The maximum atomic E-state index is 12.7. The topological polar surface area (TPSA) is 69.9 Å². The Labute approximate surface area is 186 Å². The van der Waals surface area contributed by atoms with Gasteiger partial charge >= 0.3 is 0 Å². The molecule has 0 saturated carbocycles. The van der Waals surface area contributed by atoms with E-state index in [0.717, 1.165) is 21.5 Å². The van der Waals surface area contributed by atoms with Crippen LogP contribution in [0.3, 0.4) is 0 Å². The van der Waals surface area contributed by atoms with Crippen molar-refractivity contribution in [2.24, 2.45) is 0 Å². The average Bonchev–Trinajstić information content (AvgIpc) is 3.22. The number of halogens is 1. The standard InChI is InChI=1S/C22H17BrN4O2S/c1-29-17-8-6-16(7-9-17)27-21(15-10-12-24-13-11-15)25-26-22(27)30-14-20(28)18-4-2-3-5-19(18)23/h2-13H,14H2,1H3. The number of aromatic nitrogens is 4. The molecule has 0 bridgehead atoms. The molecule has 6 nitrogen and oxygen atoms in total. The van der Waals surface area contributed by atoms with Crippen LogP contribution < -0.4 is 4.74 Å². The molecule has 2 aromatic heterocycles. The minimum Gasteiger partial charge on any atom is -0.497 e. The monoisotopic (exact) mass is 480 g/mol. The van der Waals surface area contributed by atoms with Gasteiger partial charge in [0.05, 0.1) is 12.9 Å². The lowest BCUT2D eigenvalue weighted by molar-refractivity contribution is 0.102. The van der Waals surface area contributed by atoms with E-state index in [1.807, 2.05) is 65.2 Å². The van der Waals surface area contributed by atoms with Crippen LogP contribution in [0.2, 0.25) is 0 Å². The van der Waals surface area contributed by atoms with Crippen molar-refractivity contribution >= 4 is 33.5 Å². The summed E-state index contributed by atoms with van der Waals surface area (Å²) < 4.78 is 7.99. The van der Waals surface area contributed by atoms with E-state index in [9.17, 15) is 4.79 Å². The van der Waals surface area contributed by atoms with Crippen LogP contribution in [0.15, 0.2) is 82.7 Å². The number of methoxy groups -OCH3 is 1. The van der Waals surface area contributed by atoms with Gasteiger partial charge < -0.3 is 4.74 Å². The lowest BCUT2D eigenvalue weighted by Gasteiger charge is -2.11. The number of ether oxygens (including phenoxy) is 1. The van der Waals surface area contributed by atoms with Crippen LogP contribution in [-0.4, -0.2) is 38.4 Å². The average molecular weight is 481 g/mol. The van der Waals surface area contributed by atoms with Gasteiger partial charge in [0.2, 0.25) is 0 Å². The Morgan fingerprint density at radius 2 is 1.77 bits per heavy atom. The van der Waals surface area contributed by atoms with Crippen molar-refractivity contribution < 1.29 is 9.53 Å². The zero-order valence-electron chi connectivity index (χ0n) is 16.0. The van der Waals surface area contributed by atoms with Crippen molar-refractivity contribution in [1.29, 1.82) is 0 Å². The van der Waals surface area contributed by atoms with Crippen molar-refractivity contribution in [1.82, 2.24) is 19.7 Å². The smallest absolute Gasteiger partial charge is 0.196 e. The van der Waals surface area contributed by atoms with Crippen LogP contribution in [0, 0.1) is 0 Å². The lowest BCUT2D eigenvalue weighted by atomic mass is 10.1. The Hall–Kier alpha value is -2.97. The zero-order valence-corrected chi connectivity index (χ0v) is 18.4. The molecule has 0 radical (unpaired) electrons. The Morgan fingerprint density at radius 1 is 1.03 bits per heavy atom. The number of ketones is 1. The normalized spacial score (nSPS) is 10.7. The molecule has 0 saturated heterocycles. The molecule has 0 N–H and O–H groups in total. The van der Waals surface area contributed by atoms with Crippen LogP contribution in [0.25, 0.3) is 17.1 Å². The van der Waals surface area contributed by atoms with Crippen LogP contribution >= 0.6 is 27.7 Å². The molecule has 30 heavy (non-hydrogen) atoms. The number of rotatable bonds is 7. The second-order valence-electron chi connectivity index (χ2n) is 6.27. The van der Waals surface area contributed by atoms with E-state index in [0.29, 0.717) is 16.5 Å². The lowest BCUT2D eigenvalue weighted by Crippen LogP contribution is -2.05. The summed E-state index contributed by atoms with van der Waals surface area (Å²) in [4.78, 5) is 16.8. The maximum absolute atomic E-state index is 12.7. The van der Waals surface area contributed by atoms with Gasteiger partial charge in [-0.3, -0.25) is 14.3 Å². The summed E-state index contributed by atoms with van der Waals surface area (Å²) in [6, 6.07) is 18.8. The predicted molar refractivity (Wildman–Crippen MR) is 120 cm³/mol. The Balaban J connectivity index is 1.68. The molecule has 2 aromatic carbocycles. The number of hydrogen-bond donors (Lipinski definition) is 0. The van der Waals surface area contributed by atoms with E-state index < -0.39 is 0 Å². The molecule has 4 rings (SSSR count). The van der Waals surface area contributed by atoms with E-state index >= 15 is 0 Å². The van der Waals surface area contributed by atoms with Gasteiger partial charge in [-0.1, -0.05) is 45.9 Å². The third-order valence-electron chi connectivity index (χ3n) is 4.41. The van der Waals surface area contributed by atoms with Gasteiger partial charge in [0.1, 0.15) is 5.75 Å². The van der Waals surface area contributed by atoms with Crippen LogP contribution in [0.4, 0.5) is 0 Å². The van der Waals surface area contributed by atoms with Crippen molar-refractivity contribution in [2.75, 3.05) is 12.9 Å². The van der Waals surface area contributed by atoms with Crippen LogP contribution in [0.1, 0.15) is 10.4 Å². The van der Waals surface area contributed by atoms with Crippen molar-refractivity contribution in [3.63, 3.8) is 0 Å². The number of carbonyl (C=O) groups excluding carboxylic acids is 1. The second kappa shape index (κ2) is 9.23. The van der Waals surface area contributed by atoms with E-state index in [1.54, 1.807) is 19.5 Å². The summed E-state index contributed by atoms with van der Waals surface area (Å²) in [6.45, 7) is 0. The number of Topliss-reactive ketones (excluding diaryl/α,β-unsaturated/α-hetero) is 1. The predicted octanol–water partition coefficient (Wildman–Crippen LogP) is 5.08. The van der Waals surface area contributed by atoms with Crippen molar-refractivity contribution in [2.45, 2.75) is 5.16 Å². The first kappa shape index (κ1) is 20.3. The first-order valence-corrected chi connectivity index (χ1v) is 10.9. The van der Waals surface area contributed by atoms with Gasteiger partial charge in [-0.25, -0.2) is 0 Å². The first-order chi connectivity index (χ1) is 14.7. The summed E-state index contributed by atoms with van der Waals surface area (Å²) in [6.07, 6.45) is 3.43. The SMILES string of the molecule is COc1ccc(-n2c(SCC(=O)c3ccccc3Br)nnc2-c2ccncc2)cc1. The van der Waals surface area contributed by atoms with E-state index in [-0.39, 0.29) is 11.5 Å². The van der Waals surface area contributed by atoms with E-state index in [2.05, 4.69) is 31.1 Å². The molecule has 150 valence electrons. The Bertz CT molecular complexity index is 1160. The number of pyridine rings is 1. The molecular weight excluding hydrogens is 464 g/mol. The molecule has 0 aliphatic rings. The van der Waals surface area contributed by atoms with Gasteiger partial charge in [0.25, 0.3) is 0 Å². The summed E-state index contributed by atoms with van der Waals surface area (Å²) in [7, 11) is 1.63. The first-order valence-electron chi connectivity index (χ1n) is 9.08. The van der Waals surface area contributed by atoms with Crippen LogP contribution in [-0.2, 0) is 0 Å². The highest BCUT2D eigenvalue weighted by Gasteiger charge is 2.18. The number of benzene rings is 2. The third-order valence-corrected chi connectivity index (χ3v) is 6.03. The largest absolute Gasteiger partial charge is 0.497 e. The second-order valence-corrected chi connectivity index (χ2v) is 8.06. The highest BCUT2D eigenvalue weighted by Crippen LogP contribution is 2.29. The molecular formula is C22H17BrN4O2S. The minimum absolute atomic E-state index is 0.0159. The molecule has 0 amide bonds. The van der Waals surface area contributed by atoms with Crippen molar-refractivity contribution in [3.8, 4) is 22.8 Å². The quantitative estimate of drug-likeness (QED) is 0.271. The number of carbonyl (C=O) groups is 1. The third kappa shape index (κ3) is 4.29. The fraction of sp³-hybridized carbons (Fsp3) is 0.0909. The Kier molecular flexibility index (Phi) is 6.25. The maximum Gasteiger partial charge on any atom is 0.196 e.